The van der Waals surface area contributed by atoms with Gasteiger partial charge in [0.15, 0.2) is 0 Å². The number of nitrogens with one attached hydrogen (secondary N) is 1. The molecule has 1 atom stereocenters. The lowest BCUT2D eigenvalue weighted by atomic mass is 10.0. The number of carboxylic acid groups (broad SMARTS) is 2. The molecule has 0 saturated carbocycles. The monoisotopic (exact) mass is 386 g/mol. The zero-order valence-corrected chi connectivity index (χ0v) is 12.6. The van der Waals surface area contributed by atoms with Crippen molar-refractivity contribution in [1.82, 2.24) is 4.98 Å². The van der Waals surface area contributed by atoms with Crippen molar-refractivity contribution >= 4 is 22.8 Å². The molecule has 0 radical (unpaired) electrons. The Kier molecular flexibility index (Phi) is 6.25. The lowest BCUT2D eigenvalue weighted by Crippen LogP contribution is -2.32. The third-order valence-electron chi connectivity index (χ3n) is 3.09. The van der Waals surface area contributed by atoms with Gasteiger partial charge in [0.05, 0.1) is 5.56 Å². The van der Waals surface area contributed by atoms with Crippen LogP contribution in [0.2, 0.25) is 0 Å². The standard InChI is InChI=1S/C12H11F3N2O2.C2HF3O2/c13-12(14,15)7-2-1-3-9-10(7)6(5-17-9)4-8(16)11(18)19;3-2(4,5)1(6)7/h1-3,5,8,17H,4,16H2,(H,18,19);(H,6,7). The molecule has 0 saturated heterocycles. The Balaban J connectivity index is 0.000000412. The first-order valence-corrected chi connectivity index (χ1v) is 6.69. The van der Waals surface area contributed by atoms with Gasteiger partial charge in [-0.3, -0.25) is 4.79 Å². The fourth-order valence-electron chi connectivity index (χ4n) is 1.98. The van der Waals surface area contributed by atoms with E-state index in [9.17, 15) is 31.1 Å². The molecule has 1 heterocycles. The number of aromatic amines is 1. The van der Waals surface area contributed by atoms with Crippen LogP contribution in [-0.2, 0) is 22.2 Å². The molecule has 2 rings (SSSR count). The summed E-state index contributed by atoms with van der Waals surface area (Å²) in [5.74, 6) is -4.01. The molecule has 0 aliphatic heterocycles. The van der Waals surface area contributed by atoms with E-state index in [4.69, 9.17) is 20.7 Å². The topological polar surface area (TPSA) is 116 Å². The summed E-state index contributed by atoms with van der Waals surface area (Å²) in [5.41, 5.74) is 5.13. The SMILES string of the molecule is NC(Cc1c[nH]c2cccc(C(F)(F)F)c12)C(=O)O.O=C(O)C(F)(F)F. The number of carboxylic acids is 2. The summed E-state index contributed by atoms with van der Waals surface area (Å²) in [6.07, 6.45) is -8.38. The van der Waals surface area contributed by atoms with E-state index in [1.807, 2.05) is 0 Å². The minimum absolute atomic E-state index is 0.0216. The number of nitrogens with two attached hydrogens (primary N) is 1. The number of aromatic nitrogens is 1. The van der Waals surface area contributed by atoms with E-state index < -0.39 is 35.9 Å². The molecular weight excluding hydrogens is 374 g/mol. The molecule has 144 valence electrons. The number of alkyl halides is 6. The van der Waals surface area contributed by atoms with Crippen LogP contribution in [0.3, 0.4) is 0 Å². The lowest BCUT2D eigenvalue weighted by Gasteiger charge is -2.11. The highest BCUT2D eigenvalue weighted by Crippen LogP contribution is 2.36. The first-order valence-electron chi connectivity index (χ1n) is 6.69. The minimum Gasteiger partial charge on any atom is -0.480 e. The smallest absolute Gasteiger partial charge is 0.480 e. The fraction of sp³-hybridized carbons (Fsp3) is 0.286. The van der Waals surface area contributed by atoms with E-state index in [2.05, 4.69) is 4.98 Å². The molecule has 1 unspecified atom stereocenters. The second kappa shape index (κ2) is 7.64. The number of rotatable bonds is 3. The molecule has 1 aromatic carbocycles. The molecular formula is C14H12F6N2O4. The molecule has 5 N–H and O–H groups in total. The summed E-state index contributed by atoms with van der Waals surface area (Å²) < 4.78 is 70.5. The molecule has 0 aliphatic carbocycles. The second-order valence-electron chi connectivity index (χ2n) is 4.99. The average molecular weight is 386 g/mol. The summed E-state index contributed by atoms with van der Waals surface area (Å²) >= 11 is 0. The minimum atomic E-state index is -5.08. The highest BCUT2D eigenvalue weighted by molar-refractivity contribution is 5.88. The van der Waals surface area contributed by atoms with Crippen LogP contribution >= 0.6 is 0 Å². The first-order chi connectivity index (χ1) is 11.7. The van der Waals surface area contributed by atoms with Crippen LogP contribution in [0.25, 0.3) is 10.9 Å². The third kappa shape index (κ3) is 5.37. The summed E-state index contributed by atoms with van der Waals surface area (Å²) in [5, 5.41) is 15.8. The quantitative estimate of drug-likeness (QED) is 0.606. The van der Waals surface area contributed by atoms with Crippen LogP contribution in [0.15, 0.2) is 24.4 Å². The number of benzene rings is 1. The maximum Gasteiger partial charge on any atom is 0.490 e. The van der Waals surface area contributed by atoms with Crippen LogP contribution in [0.4, 0.5) is 26.3 Å². The summed E-state index contributed by atoms with van der Waals surface area (Å²) in [4.78, 5) is 22.3. The number of carbonyl (C=O) groups is 2. The van der Waals surface area contributed by atoms with Crippen LogP contribution in [0.5, 0.6) is 0 Å². The molecule has 0 bridgehead atoms. The predicted octanol–water partition coefficient (Wildman–Crippen LogP) is 2.77. The summed E-state index contributed by atoms with van der Waals surface area (Å²) in [7, 11) is 0. The molecule has 0 fully saturated rings. The Morgan fingerprint density at radius 1 is 1.12 bits per heavy atom. The Morgan fingerprint density at radius 2 is 1.65 bits per heavy atom. The number of aliphatic carboxylic acids is 2. The molecule has 0 spiro atoms. The van der Waals surface area contributed by atoms with Gasteiger partial charge in [-0.1, -0.05) is 6.07 Å². The Labute approximate surface area is 141 Å². The van der Waals surface area contributed by atoms with Gasteiger partial charge in [-0.15, -0.1) is 0 Å². The van der Waals surface area contributed by atoms with Gasteiger partial charge in [-0.2, -0.15) is 26.3 Å². The van der Waals surface area contributed by atoms with Crippen molar-refractivity contribution in [3.05, 3.63) is 35.5 Å². The van der Waals surface area contributed by atoms with Crippen molar-refractivity contribution in [2.45, 2.75) is 24.8 Å². The maximum absolute atomic E-state index is 12.9. The van der Waals surface area contributed by atoms with Crippen molar-refractivity contribution < 1.29 is 46.1 Å². The van der Waals surface area contributed by atoms with Crippen LogP contribution < -0.4 is 5.73 Å². The summed E-state index contributed by atoms with van der Waals surface area (Å²) in [6.45, 7) is 0. The van der Waals surface area contributed by atoms with Crippen molar-refractivity contribution in [2.24, 2.45) is 5.73 Å². The van der Waals surface area contributed by atoms with Gasteiger partial charge in [0, 0.05) is 23.5 Å². The number of hydrogen-bond donors (Lipinski definition) is 4. The van der Waals surface area contributed by atoms with E-state index in [0.717, 1.165) is 6.07 Å². The van der Waals surface area contributed by atoms with Gasteiger partial charge >= 0.3 is 24.3 Å². The van der Waals surface area contributed by atoms with Gasteiger partial charge in [0.2, 0.25) is 0 Å². The van der Waals surface area contributed by atoms with Crippen LogP contribution in [0.1, 0.15) is 11.1 Å². The number of fused-ring (bicyclic) bond motifs is 1. The fourth-order valence-corrected chi connectivity index (χ4v) is 1.98. The van der Waals surface area contributed by atoms with E-state index in [0.29, 0.717) is 5.52 Å². The first kappa shape index (κ1) is 21.3. The molecule has 12 heteroatoms. The van der Waals surface area contributed by atoms with Gasteiger partial charge in [0.25, 0.3) is 0 Å². The zero-order chi connectivity index (χ0) is 20.3. The largest absolute Gasteiger partial charge is 0.490 e. The second-order valence-corrected chi connectivity index (χ2v) is 4.99. The van der Waals surface area contributed by atoms with Crippen molar-refractivity contribution in [3.8, 4) is 0 Å². The molecule has 26 heavy (non-hydrogen) atoms. The van der Waals surface area contributed by atoms with E-state index in [1.54, 1.807) is 0 Å². The summed E-state index contributed by atoms with van der Waals surface area (Å²) in [6, 6.07) is 2.52. The number of H-pyrrole nitrogens is 1. The van der Waals surface area contributed by atoms with Crippen molar-refractivity contribution in [1.29, 1.82) is 0 Å². The highest BCUT2D eigenvalue weighted by atomic mass is 19.4. The average Bonchev–Trinajstić information content (AvgIpc) is 2.89. The van der Waals surface area contributed by atoms with Gasteiger partial charge in [-0.05, 0) is 17.7 Å². The van der Waals surface area contributed by atoms with E-state index in [-0.39, 0.29) is 17.4 Å². The van der Waals surface area contributed by atoms with E-state index >= 15 is 0 Å². The van der Waals surface area contributed by atoms with Crippen LogP contribution in [-0.4, -0.2) is 39.4 Å². The Hall–Kier alpha value is -2.76. The van der Waals surface area contributed by atoms with Crippen molar-refractivity contribution in [2.75, 3.05) is 0 Å². The third-order valence-corrected chi connectivity index (χ3v) is 3.09. The molecule has 6 nitrogen and oxygen atoms in total. The normalized spacial score (nSPS) is 13.0. The Morgan fingerprint density at radius 3 is 2.08 bits per heavy atom. The number of halogens is 6. The number of hydrogen-bond acceptors (Lipinski definition) is 3. The van der Waals surface area contributed by atoms with Crippen molar-refractivity contribution in [3.63, 3.8) is 0 Å². The van der Waals surface area contributed by atoms with Gasteiger partial charge in [-0.25, -0.2) is 4.79 Å². The highest BCUT2D eigenvalue weighted by Gasteiger charge is 2.38. The maximum atomic E-state index is 12.9. The predicted molar refractivity (Wildman–Crippen MR) is 76.3 cm³/mol. The van der Waals surface area contributed by atoms with Crippen LogP contribution in [0, 0.1) is 0 Å². The van der Waals surface area contributed by atoms with Gasteiger partial charge < -0.3 is 20.9 Å². The molecule has 0 aliphatic rings. The lowest BCUT2D eigenvalue weighted by molar-refractivity contribution is -0.192. The Bertz CT molecular complexity index is 797. The zero-order valence-electron chi connectivity index (χ0n) is 12.6. The molecule has 1 aromatic heterocycles. The van der Waals surface area contributed by atoms with E-state index in [1.165, 1.54) is 18.3 Å². The molecule has 0 amide bonds. The molecule has 2 aromatic rings. The van der Waals surface area contributed by atoms with Gasteiger partial charge in [0.1, 0.15) is 6.04 Å².